The summed E-state index contributed by atoms with van der Waals surface area (Å²) in [6.07, 6.45) is 0.0637. The van der Waals surface area contributed by atoms with Crippen molar-refractivity contribution in [3.05, 3.63) is 70.7 Å². The van der Waals surface area contributed by atoms with Gasteiger partial charge in [0.15, 0.2) is 0 Å². The lowest BCUT2D eigenvalue weighted by Gasteiger charge is -2.12. The number of esters is 1. The van der Waals surface area contributed by atoms with E-state index in [4.69, 9.17) is 5.73 Å². The van der Waals surface area contributed by atoms with Crippen LogP contribution in [0.2, 0.25) is 0 Å². The van der Waals surface area contributed by atoms with Gasteiger partial charge in [-0.05, 0) is 37.1 Å². The summed E-state index contributed by atoms with van der Waals surface area (Å²) >= 11 is 0. The maximum absolute atomic E-state index is 14.9. The molecule has 2 N–H and O–H groups in total. The van der Waals surface area contributed by atoms with Gasteiger partial charge in [-0.2, -0.15) is 0 Å². The van der Waals surface area contributed by atoms with Gasteiger partial charge in [0, 0.05) is 5.56 Å². The molecule has 0 bridgehead atoms. The highest BCUT2D eigenvalue weighted by Crippen LogP contribution is 2.31. The fraction of sp³-hybridized carbons (Fsp3) is 0.182. The fourth-order valence-electron chi connectivity index (χ4n) is 3.15. The number of nitrogens with zero attached hydrogens (tertiary/aromatic N) is 2. The van der Waals surface area contributed by atoms with E-state index in [9.17, 15) is 18.4 Å². The number of primary amides is 1. The maximum Gasteiger partial charge on any atom is 0.309 e. The van der Waals surface area contributed by atoms with Gasteiger partial charge in [0.2, 0.25) is 0 Å². The molecule has 2 aromatic carbocycles. The number of nitrogens with two attached hydrogens (primary N) is 1. The Morgan fingerprint density at radius 2 is 1.57 bits per heavy atom. The highest BCUT2D eigenvalue weighted by atomic mass is 19.1. The fourth-order valence-corrected chi connectivity index (χ4v) is 3.15. The Balaban J connectivity index is 2.02. The van der Waals surface area contributed by atoms with Crippen LogP contribution in [0.5, 0.6) is 0 Å². The Morgan fingerprint density at radius 3 is 2.10 bits per heavy atom. The molecule has 6 nitrogen and oxygen atoms in total. The zero-order valence-electron chi connectivity index (χ0n) is 16.6. The van der Waals surface area contributed by atoms with Crippen molar-refractivity contribution in [1.82, 2.24) is 9.97 Å². The van der Waals surface area contributed by atoms with Crippen molar-refractivity contribution in [3.8, 4) is 22.4 Å². The number of hydrogen-bond acceptors (Lipinski definition) is 5. The number of ether oxygens (including phenoxy) is 1. The Kier molecular flexibility index (Phi) is 5.86. The molecule has 0 saturated carbocycles. The highest BCUT2D eigenvalue weighted by molar-refractivity contribution is 5.92. The standard InChI is InChI=1S/C22H19F2N3O3/c1-11-20(27-21(22(25)29)12(2)26-11)15-9-16(23)19(17(24)10-15)14-6-4-13(5-7-14)8-18(28)30-3/h4-7,9-10H,8H2,1-3H3,(H2,25,29). The van der Waals surface area contributed by atoms with Crippen LogP contribution in [0.15, 0.2) is 36.4 Å². The van der Waals surface area contributed by atoms with Crippen LogP contribution in [0, 0.1) is 25.5 Å². The number of aryl methyl sites for hydroxylation is 2. The summed E-state index contributed by atoms with van der Waals surface area (Å²) in [6.45, 7) is 3.21. The van der Waals surface area contributed by atoms with Crippen LogP contribution in [0.3, 0.4) is 0 Å². The van der Waals surface area contributed by atoms with Crippen LogP contribution in [-0.4, -0.2) is 29.0 Å². The van der Waals surface area contributed by atoms with Crippen LogP contribution in [0.25, 0.3) is 22.4 Å². The molecule has 30 heavy (non-hydrogen) atoms. The SMILES string of the molecule is COC(=O)Cc1ccc(-c2c(F)cc(-c3nc(C(N)=O)c(C)nc3C)cc2F)cc1. The highest BCUT2D eigenvalue weighted by Gasteiger charge is 2.19. The molecule has 0 atom stereocenters. The molecule has 8 heteroatoms. The maximum atomic E-state index is 14.9. The average molecular weight is 411 g/mol. The number of carbonyl (C=O) groups excluding carboxylic acids is 2. The second-order valence-electron chi connectivity index (χ2n) is 6.72. The minimum atomic E-state index is -0.798. The van der Waals surface area contributed by atoms with Crippen molar-refractivity contribution in [2.75, 3.05) is 7.11 Å². The first-order valence-electron chi connectivity index (χ1n) is 9.01. The van der Waals surface area contributed by atoms with Gasteiger partial charge in [-0.3, -0.25) is 14.6 Å². The second kappa shape index (κ2) is 8.36. The lowest BCUT2D eigenvalue weighted by Crippen LogP contribution is -2.17. The summed E-state index contributed by atoms with van der Waals surface area (Å²) in [6, 6.07) is 8.54. The van der Waals surface area contributed by atoms with Crippen LogP contribution in [0.4, 0.5) is 8.78 Å². The van der Waals surface area contributed by atoms with E-state index < -0.39 is 23.5 Å². The summed E-state index contributed by atoms with van der Waals surface area (Å²) in [5.74, 6) is -2.78. The molecule has 154 valence electrons. The molecule has 0 radical (unpaired) electrons. The van der Waals surface area contributed by atoms with Crippen molar-refractivity contribution >= 4 is 11.9 Å². The molecule has 0 aliphatic rings. The summed E-state index contributed by atoms with van der Waals surface area (Å²) in [4.78, 5) is 31.3. The summed E-state index contributed by atoms with van der Waals surface area (Å²) < 4.78 is 34.3. The first-order chi connectivity index (χ1) is 14.2. The predicted octanol–water partition coefficient (Wildman–Crippen LogP) is 3.52. The molecule has 0 saturated heterocycles. The van der Waals surface area contributed by atoms with E-state index in [1.807, 2.05) is 0 Å². The van der Waals surface area contributed by atoms with Gasteiger partial charge in [-0.25, -0.2) is 13.8 Å². The zero-order chi connectivity index (χ0) is 22.0. The molecule has 0 spiro atoms. The van der Waals surface area contributed by atoms with E-state index in [1.165, 1.54) is 19.2 Å². The predicted molar refractivity (Wildman–Crippen MR) is 107 cm³/mol. The topological polar surface area (TPSA) is 95.2 Å². The van der Waals surface area contributed by atoms with Gasteiger partial charge in [-0.1, -0.05) is 24.3 Å². The summed E-state index contributed by atoms with van der Waals surface area (Å²) in [5, 5.41) is 0. The van der Waals surface area contributed by atoms with E-state index >= 15 is 0 Å². The third-order valence-corrected chi connectivity index (χ3v) is 4.61. The Hall–Kier alpha value is -3.68. The number of rotatable bonds is 5. The van der Waals surface area contributed by atoms with Crippen molar-refractivity contribution in [2.24, 2.45) is 5.73 Å². The Morgan fingerprint density at radius 1 is 0.967 bits per heavy atom. The number of amides is 1. The number of carbonyl (C=O) groups is 2. The first kappa shape index (κ1) is 21.0. The number of methoxy groups -OCH3 is 1. The van der Waals surface area contributed by atoms with Crippen molar-refractivity contribution in [2.45, 2.75) is 20.3 Å². The van der Waals surface area contributed by atoms with E-state index in [-0.39, 0.29) is 28.9 Å². The molecule has 1 heterocycles. The number of halogens is 2. The van der Waals surface area contributed by atoms with Crippen LogP contribution < -0.4 is 5.73 Å². The molecule has 1 amide bonds. The van der Waals surface area contributed by atoms with Gasteiger partial charge >= 0.3 is 5.97 Å². The normalized spacial score (nSPS) is 10.7. The molecule has 0 aliphatic heterocycles. The molecule has 0 fully saturated rings. The summed E-state index contributed by atoms with van der Waals surface area (Å²) in [7, 11) is 1.29. The molecule has 3 rings (SSSR count). The average Bonchev–Trinajstić information content (AvgIpc) is 2.68. The van der Waals surface area contributed by atoms with E-state index in [0.717, 1.165) is 12.1 Å². The Labute approximate surface area is 171 Å². The van der Waals surface area contributed by atoms with Crippen LogP contribution >= 0.6 is 0 Å². The number of benzene rings is 2. The molecule has 0 aliphatic carbocycles. The lowest BCUT2D eigenvalue weighted by atomic mass is 9.99. The van der Waals surface area contributed by atoms with Gasteiger partial charge in [0.1, 0.15) is 17.3 Å². The van der Waals surface area contributed by atoms with E-state index in [0.29, 0.717) is 22.5 Å². The van der Waals surface area contributed by atoms with Crippen LogP contribution in [0.1, 0.15) is 27.4 Å². The minimum Gasteiger partial charge on any atom is -0.469 e. The van der Waals surface area contributed by atoms with E-state index in [1.54, 1.807) is 26.0 Å². The van der Waals surface area contributed by atoms with E-state index in [2.05, 4.69) is 14.7 Å². The Bertz CT molecular complexity index is 1120. The number of aromatic nitrogens is 2. The second-order valence-corrected chi connectivity index (χ2v) is 6.72. The third kappa shape index (κ3) is 4.17. The van der Waals surface area contributed by atoms with Crippen molar-refractivity contribution in [3.63, 3.8) is 0 Å². The minimum absolute atomic E-state index is 0.0540. The monoisotopic (exact) mass is 411 g/mol. The quantitative estimate of drug-likeness (QED) is 0.648. The van der Waals surface area contributed by atoms with Gasteiger partial charge in [0.25, 0.3) is 5.91 Å². The third-order valence-electron chi connectivity index (χ3n) is 4.61. The lowest BCUT2D eigenvalue weighted by molar-refractivity contribution is -0.139. The smallest absolute Gasteiger partial charge is 0.309 e. The molecule has 1 aromatic heterocycles. The molecule has 0 unspecified atom stereocenters. The molecule has 3 aromatic rings. The van der Waals surface area contributed by atoms with Crippen LogP contribution in [-0.2, 0) is 16.0 Å². The van der Waals surface area contributed by atoms with Gasteiger partial charge < -0.3 is 10.5 Å². The molecular formula is C22H19F2N3O3. The van der Waals surface area contributed by atoms with Gasteiger partial charge in [0.05, 0.1) is 36.2 Å². The first-order valence-corrected chi connectivity index (χ1v) is 9.01. The molecular weight excluding hydrogens is 392 g/mol. The summed E-state index contributed by atoms with van der Waals surface area (Å²) in [5.41, 5.74) is 7.08. The van der Waals surface area contributed by atoms with Crippen molar-refractivity contribution < 1.29 is 23.1 Å². The largest absolute Gasteiger partial charge is 0.469 e. The number of hydrogen-bond donors (Lipinski definition) is 1. The van der Waals surface area contributed by atoms with Crippen molar-refractivity contribution in [1.29, 1.82) is 0 Å². The zero-order valence-corrected chi connectivity index (χ0v) is 16.6. The van der Waals surface area contributed by atoms with Gasteiger partial charge in [-0.15, -0.1) is 0 Å².